The first kappa shape index (κ1) is 19.2. The van der Waals surface area contributed by atoms with Crippen molar-refractivity contribution in [1.29, 1.82) is 0 Å². The zero-order chi connectivity index (χ0) is 20.1. The number of nitrogens with zero attached hydrogens (tertiary/aromatic N) is 3. The number of nitrogens with two attached hydrogens (primary N) is 1. The molecule has 0 saturated heterocycles. The third kappa shape index (κ3) is 3.25. The Bertz CT molecular complexity index is 1140. The molecule has 2 aromatic heterocycles. The predicted octanol–water partition coefficient (Wildman–Crippen LogP) is 3.75. The summed E-state index contributed by atoms with van der Waals surface area (Å²) in [6.07, 6.45) is 5.92. The van der Waals surface area contributed by atoms with E-state index in [0.29, 0.717) is 28.3 Å². The summed E-state index contributed by atoms with van der Waals surface area (Å²) in [5.41, 5.74) is 8.71. The number of halogens is 1. The Balaban J connectivity index is 1.84. The van der Waals surface area contributed by atoms with E-state index in [0.717, 1.165) is 30.2 Å². The van der Waals surface area contributed by atoms with Gasteiger partial charge in [-0.15, -0.1) is 0 Å². The normalized spacial score (nSPS) is 15.3. The maximum Gasteiger partial charge on any atom is 0.243 e. The molecular formula is C19H22ClN5O2S. The Labute approximate surface area is 169 Å². The third-order valence-electron chi connectivity index (χ3n) is 4.99. The fourth-order valence-electron chi connectivity index (χ4n) is 3.52. The summed E-state index contributed by atoms with van der Waals surface area (Å²) in [7, 11) is -3.65. The molecule has 28 heavy (non-hydrogen) atoms. The van der Waals surface area contributed by atoms with Crippen molar-refractivity contribution in [2.45, 2.75) is 50.1 Å². The van der Waals surface area contributed by atoms with Crippen LogP contribution >= 0.6 is 11.6 Å². The van der Waals surface area contributed by atoms with Crippen molar-refractivity contribution >= 4 is 38.2 Å². The van der Waals surface area contributed by atoms with Gasteiger partial charge in [0.15, 0.2) is 5.82 Å². The number of nitrogen functional groups attached to an aromatic ring is 1. The van der Waals surface area contributed by atoms with Crippen molar-refractivity contribution in [3.8, 4) is 11.5 Å². The Morgan fingerprint density at radius 2 is 1.93 bits per heavy atom. The number of fused-ring (bicyclic) bond motifs is 1. The number of hydrogen-bond acceptors (Lipinski definition) is 5. The van der Waals surface area contributed by atoms with E-state index in [4.69, 9.17) is 17.3 Å². The van der Waals surface area contributed by atoms with E-state index in [1.54, 1.807) is 13.8 Å². The summed E-state index contributed by atoms with van der Waals surface area (Å²) in [5, 5.41) is 1.47. The second kappa shape index (κ2) is 7.02. The highest BCUT2D eigenvalue weighted by atomic mass is 35.5. The van der Waals surface area contributed by atoms with Gasteiger partial charge in [0.2, 0.25) is 10.0 Å². The van der Waals surface area contributed by atoms with Crippen LogP contribution in [0.15, 0.2) is 35.5 Å². The van der Waals surface area contributed by atoms with E-state index in [1.807, 2.05) is 18.2 Å². The molecule has 0 radical (unpaired) electrons. The highest BCUT2D eigenvalue weighted by Gasteiger charge is 2.28. The number of aromatic nitrogens is 3. The fraction of sp³-hybridized carbons (Fsp3) is 0.368. The second-order valence-corrected chi connectivity index (χ2v) is 9.55. The molecule has 0 aliphatic heterocycles. The number of rotatable bonds is 5. The molecule has 1 aliphatic rings. The van der Waals surface area contributed by atoms with Crippen molar-refractivity contribution in [1.82, 2.24) is 19.3 Å². The van der Waals surface area contributed by atoms with Crippen molar-refractivity contribution in [2.75, 3.05) is 5.73 Å². The van der Waals surface area contributed by atoms with E-state index < -0.39 is 10.0 Å². The summed E-state index contributed by atoms with van der Waals surface area (Å²) in [6, 6.07) is 5.75. The minimum Gasteiger partial charge on any atom is -0.396 e. The monoisotopic (exact) mass is 419 g/mol. The smallest absolute Gasteiger partial charge is 0.243 e. The van der Waals surface area contributed by atoms with Gasteiger partial charge in [0.25, 0.3) is 0 Å². The molecular weight excluding hydrogens is 398 g/mol. The Morgan fingerprint density at radius 3 is 2.50 bits per heavy atom. The molecule has 0 spiro atoms. The quantitative estimate of drug-likeness (QED) is 0.655. The summed E-state index contributed by atoms with van der Waals surface area (Å²) < 4.78 is 29.4. The molecule has 0 amide bonds. The molecule has 4 rings (SSSR count). The lowest BCUT2D eigenvalue weighted by atomic mass is 9.92. The van der Waals surface area contributed by atoms with Crippen LogP contribution in [-0.2, 0) is 10.0 Å². The van der Waals surface area contributed by atoms with Gasteiger partial charge in [0.1, 0.15) is 10.6 Å². The SMILES string of the molecule is CC(C)NS(=O)(=O)c1cnc(-c2c(N)c3cc(Cl)ccc3n2C2CCC2)nc1. The minimum atomic E-state index is -3.65. The Kier molecular flexibility index (Phi) is 4.81. The van der Waals surface area contributed by atoms with Gasteiger partial charge in [0.05, 0.1) is 23.6 Å². The molecule has 3 aromatic rings. The van der Waals surface area contributed by atoms with Crippen LogP contribution in [0.2, 0.25) is 5.02 Å². The molecule has 148 valence electrons. The van der Waals surface area contributed by atoms with Crippen LogP contribution in [0.1, 0.15) is 39.2 Å². The third-order valence-corrected chi connectivity index (χ3v) is 6.83. The van der Waals surface area contributed by atoms with E-state index in [-0.39, 0.29) is 10.9 Å². The largest absolute Gasteiger partial charge is 0.396 e. The average Bonchev–Trinajstić information content (AvgIpc) is 2.85. The molecule has 1 saturated carbocycles. The number of sulfonamides is 1. The lowest BCUT2D eigenvalue weighted by Crippen LogP contribution is -2.30. The van der Waals surface area contributed by atoms with E-state index in [9.17, 15) is 8.42 Å². The van der Waals surface area contributed by atoms with Crippen LogP contribution in [0.25, 0.3) is 22.4 Å². The maximum absolute atomic E-state index is 12.3. The van der Waals surface area contributed by atoms with Crippen LogP contribution in [-0.4, -0.2) is 29.0 Å². The van der Waals surface area contributed by atoms with Crippen LogP contribution < -0.4 is 10.5 Å². The van der Waals surface area contributed by atoms with Gasteiger partial charge in [-0.3, -0.25) is 0 Å². The average molecular weight is 420 g/mol. The van der Waals surface area contributed by atoms with Gasteiger partial charge in [0, 0.05) is 22.5 Å². The zero-order valence-electron chi connectivity index (χ0n) is 15.7. The van der Waals surface area contributed by atoms with E-state index in [1.165, 1.54) is 12.4 Å². The predicted molar refractivity (Wildman–Crippen MR) is 111 cm³/mol. The Hall–Kier alpha value is -2.16. The molecule has 7 nitrogen and oxygen atoms in total. The number of hydrogen-bond donors (Lipinski definition) is 2. The summed E-state index contributed by atoms with van der Waals surface area (Å²) in [5.74, 6) is 0.403. The highest BCUT2D eigenvalue weighted by Crippen LogP contribution is 2.43. The van der Waals surface area contributed by atoms with Crippen LogP contribution in [0.3, 0.4) is 0 Å². The van der Waals surface area contributed by atoms with Crippen LogP contribution in [0.5, 0.6) is 0 Å². The van der Waals surface area contributed by atoms with E-state index in [2.05, 4.69) is 19.3 Å². The number of nitrogens with one attached hydrogen (secondary N) is 1. The van der Waals surface area contributed by atoms with Crippen molar-refractivity contribution in [3.05, 3.63) is 35.6 Å². The minimum absolute atomic E-state index is 0.0258. The highest BCUT2D eigenvalue weighted by molar-refractivity contribution is 7.89. The van der Waals surface area contributed by atoms with Gasteiger partial charge < -0.3 is 10.3 Å². The van der Waals surface area contributed by atoms with Gasteiger partial charge in [-0.25, -0.2) is 23.1 Å². The van der Waals surface area contributed by atoms with Gasteiger partial charge in [-0.2, -0.15) is 0 Å². The lowest BCUT2D eigenvalue weighted by molar-refractivity contribution is 0.324. The number of anilines is 1. The van der Waals surface area contributed by atoms with Gasteiger partial charge >= 0.3 is 0 Å². The van der Waals surface area contributed by atoms with Crippen LogP contribution in [0, 0.1) is 0 Å². The summed E-state index contributed by atoms with van der Waals surface area (Å²) in [6.45, 7) is 3.52. The molecule has 2 heterocycles. The Morgan fingerprint density at radius 1 is 1.25 bits per heavy atom. The van der Waals surface area contributed by atoms with Gasteiger partial charge in [-0.1, -0.05) is 11.6 Å². The van der Waals surface area contributed by atoms with E-state index >= 15 is 0 Å². The zero-order valence-corrected chi connectivity index (χ0v) is 17.3. The molecule has 0 bridgehead atoms. The second-order valence-electron chi connectivity index (χ2n) is 7.40. The first-order valence-corrected chi connectivity index (χ1v) is 11.1. The van der Waals surface area contributed by atoms with Gasteiger partial charge in [-0.05, 0) is 51.3 Å². The molecule has 1 aliphatic carbocycles. The molecule has 0 unspecified atom stereocenters. The number of benzene rings is 1. The topological polar surface area (TPSA) is 103 Å². The molecule has 9 heteroatoms. The molecule has 0 atom stereocenters. The van der Waals surface area contributed by atoms with Crippen molar-refractivity contribution < 1.29 is 8.42 Å². The van der Waals surface area contributed by atoms with Crippen LogP contribution in [0.4, 0.5) is 5.69 Å². The standard InChI is InChI=1S/C19H22ClN5O2S/c1-11(2)24-28(26,27)14-9-22-19(23-10-14)18-17(21)15-8-12(20)6-7-16(15)25(18)13-4-3-5-13/h6-11,13,24H,3-5,21H2,1-2H3. The molecule has 3 N–H and O–H groups in total. The lowest BCUT2D eigenvalue weighted by Gasteiger charge is -2.29. The maximum atomic E-state index is 12.3. The molecule has 1 aromatic carbocycles. The summed E-state index contributed by atoms with van der Waals surface area (Å²) in [4.78, 5) is 8.70. The van der Waals surface area contributed by atoms with Crippen molar-refractivity contribution in [3.63, 3.8) is 0 Å². The van der Waals surface area contributed by atoms with Crippen molar-refractivity contribution in [2.24, 2.45) is 0 Å². The first-order valence-electron chi connectivity index (χ1n) is 9.21. The fourth-order valence-corrected chi connectivity index (χ4v) is 4.83. The summed E-state index contributed by atoms with van der Waals surface area (Å²) >= 11 is 6.17. The molecule has 1 fully saturated rings. The first-order chi connectivity index (χ1) is 13.3.